The van der Waals surface area contributed by atoms with Crippen LogP contribution < -0.4 is 0 Å². The minimum Gasteiger partial charge on any atom is -0.277 e. The molecule has 0 aromatic carbocycles. The third-order valence-corrected chi connectivity index (χ3v) is 10.1. The summed E-state index contributed by atoms with van der Waals surface area (Å²) in [6.07, 6.45) is 9.94. The molecule has 3 nitrogen and oxygen atoms in total. The van der Waals surface area contributed by atoms with Gasteiger partial charge in [0.2, 0.25) is 0 Å². The summed E-state index contributed by atoms with van der Waals surface area (Å²) in [5.41, 5.74) is 0. The highest BCUT2D eigenvalue weighted by atomic mass is 32.7. The summed E-state index contributed by atoms with van der Waals surface area (Å²) >= 11 is 1.77. The molecule has 0 aromatic rings. The van der Waals surface area contributed by atoms with Gasteiger partial charge in [-0.3, -0.25) is 4.57 Å². The number of rotatable bonds is 6. The van der Waals surface area contributed by atoms with Gasteiger partial charge in [0.15, 0.2) is 0 Å². The van der Waals surface area contributed by atoms with Gasteiger partial charge in [-0.15, -0.1) is 0 Å². The molecule has 0 amide bonds. The molecule has 0 spiro atoms. The Morgan fingerprint density at radius 2 is 1.37 bits per heavy atom. The van der Waals surface area contributed by atoms with Crippen molar-refractivity contribution in [1.29, 1.82) is 0 Å². The van der Waals surface area contributed by atoms with Crippen molar-refractivity contribution in [1.82, 2.24) is 9.34 Å². The molecule has 2 aliphatic heterocycles. The van der Waals surface area contributed by atoms with Gasteiger partial charge >= 0.3 is 0 Å². The molecule has 0 N–H and O–H groups in total. The third-order valence-electron chi connectivity index (χ3n) is 4.14. The predicted octanol–water partition coefficient (Wildman–Crippen LogP) is 4.60. The summed E-state index contributed by atoms with van der Waals surface area (Å²) < 4.78 is 18.3. The molecular weight excluding hydrogens is 275 g/mol. The number of hydrogen-bond donors (Lipinski definition) is 0. The lowest BCUT2D eigenvalue weighted by Gasteiger charge is -2.41. The van der Waals surface area contributed by atoms with E-state index < -0.39 is 6.65 Å². The van der Waals surface area contributed by atoms with Crippen LogP contribution in [0.25, 0.3) is 0 Å². The quantitative estimate of drug-likeness (QED) is 0.528. The molecule has 2 fully saturated rings. The maximum absolute atomic E-state index is 13.6. The Kier molecular flexibility index (Phi) is 6.74. The van der Waals surface area contributed by atoms with Gasteiger partial charge in [0, 0.05) is 31.9 Å². The highest BCUT2D eigenvalue weighted by Gasteiger charge is 2.38. The molecule has 2 saturated heterocycles. The largest absolute Gasteiger partial charge is 0.277 e. The molecule has 19 heavy (non-hydrogen) atoms. The standard InChI is InChI=1S/C14H29N2OPS/c1-2-3-14-19-18(17,15-10-6-4-7-11-15)16-12-8-5-9-13-16/h2-14H2,1H3. The first-order chi connectivity index (χ1) is 9.27. The summed E-state index contributed by atoms with van der Waals surface area (Å²) in [4.78, 5) is 0. The smallest absolute Gasteiger partial charge is 0.271 e. The second-order valence-corrected chi connectivity index (χ2v) is 10.7. The van der Waals surface area contributed by atoms with Gasteiger partial charge in [-0.25, -0.2) is 9.34 Å². The Labute approximate surface area is 122 Å². The lowest BCUT2D eigenvalue weighted by atomic mass is 10.2. The summed E-state index contributed by atoms with van der Waals surface area (Å²) in [5.74, 6) is 1.06. The minimum absolute atomic E-state index is 1.05. The molecule has 2 heterocycles. The van der Waals surface area contributed by atoms with Crippen molar-refractivity contribution in [2.24, 2.45) is 0 Å². The van der Waals surface area contributed by atoms with Crippen LogP contribution in [-0.4, -0.2) is 41.3 Å². The minimum atomic E-state index is -2.32. The molecule has 2 rings (SSSR count). The van der Waals surface area contributed by atoms with Crippen molar-refractivity contribution in [3.8, 4) is 0 Å². The van der Waals surface area contributed by atoms with E-state index in [1.165, 1.54) is 51.4 Å². The number of unbranched alkanes of at least 4 members (excludes halogenated alkanes) is 1. The van der Waals surface area contributed by atoms with E-state index in [2.05, 4.69) is 16.3 Å². The first kappa shape index (κ1) is 15.9. The van der Waals surface area contributed by atoms with Crippen LogP contribution in [0.3, 0.4) is 0 Å². The normalized spacial score (nSPS) is 23.6. The van der Waals surface area contributed by atoms with Gasteiger partial charge in [0.05, 0.1) is 0 Å². The van der Waals surface area contributed by atoms with Crippen molar-refractivity contribution in [2.75, 3.05) is 31.9 Å². The SMILES string of the molecule is CCCCSP(=O)(N1CCCCC1)N1CCCCC1. The zero-order valence-electron chi connectivity index (χ0n) is 12.4. The van der Waals surface area contributed by atoms with E-state index in [0.717, 1.165) is 31.9 Å². The zero-order valence-corrected chi connectivity index (χ0v) is 14.1. The predicted molar refractivity (Wildman–Crippen MR) is 85.8 cm³/mol. The summed E-state index contributed by atoms with van der Waals surface area (Å²) in [6.45, 7) is 4.09. The van der Waals surface area contributed by atoms with Crippen LogP contribution >= 0.6 is 18.0 Å². The molecule has 2 aliphatic rings. The van der Waals surface area contributed by atoms with Crippen molar-refractivity contribution in [3.05, 3.63) is 0 Å². The summed E-state index contributed by atoms with van der Waals surface area (Å²) in [5, 5.41) is 0. The Hall–Kier alpha value is 0.500. The molecule has 0 bridgehead atoms. The van der Waals surface area contributed by atoms with Gasteiger partial charge < -0.3 is 0 Å². The fraction of sp³-hybridized carbons (Fsp3) is 1.00. The molecule has 0 saturated carbocycles. The average molecular weight is 304 g/mol. The molecule has 0 radical (unpaired) electrons. The molecule has 0 unspecified atom stereocenters. The van der Waals surface area contributed by atoms with Crippen LogP contribution in [0.1, 0.15) is 58.3 Å². The van der Waals surface area contributed by atoms with Gasteiger partial charge in [-0.05, 0) is 32.1 Å². The molecule has 0 aromatic heterocycles. The van der Waals surface area contributed by atoms with E-state index in [1.807, 2.05) is 0 Å². The monoisotopic (exact) mass is 304 g/mol. The maximum atomic E-state index is 13.6. The Bertz CT molecular complexity index is 280. The van der Waals surface area contributed by atoms with Crippen LogP contribution in [0.5, 0.6) is 0 Å². The molecule has 112 valence electrons. The fourth-order valence-electron chi connectivity index (χ4n) is 2.93. The lowest BCUT2D eigenvalue weighted by molar-refractivity contribution is 0.287. The van der Waals surface area contributed by atoms with Crippen LogP contribution in [0.4, 0.5) is 0 Å². The Morgan fingerprint density at radius 3 is 1.79 bits per heavy atom. The van der Waals surface area contributed by atoms with Crippen LogP contribution in [-0.2, 0) is 4.57 Å². The Balaban J connectivity index is 2.03. The van der Waals surface area contributed by atoms with E-state index in [1.54, 1.807) is 11.4 Å². The Morgan fingerprint density at radius 1 is 0.895 bits per heavy atom. The van der Waals surface area contributed by atoms with Crippen molar-refractivity contribution < 1.29 is 4.57 Å². The van der Waals surface area contributed by atoms with Crippen molar-refractivity contribution in [3.63, 3.8) is 0 Å². The van der Waals surface area contributed by atoms with Gasteiger partial charge in [0.25, 0.3) is 6.65 Å². The van der Waals surface area contributed by atoms with Crippen molar-refractivity contribution >= 4 is 18.0 Å². The zero-order chi connectivity index (χ0) is 13.6. The second kappa shape index (κ2) is 8.07. The van der Waals surface area contributed by atoms with Crippen LogP contribution in [0, 0.1) is 0 Å². The van der Waals surface area contributed by atoms with E-state index >= 15 is 0 Å². The molecule has 5 heteroatoms. The third kappa shape index (κ3) is 4.23. The molecule has 0 aliphatic carbocycles. The van der Waals surface area contributed by atoms with Crippen molar-refractivity contribution in [2.45, 2.75) is 58.3 Å². The van der Waals surface area contributed by atoms with Gasteiger partial charge in [-0.2, -0.15) is 0 Å². The first-order valence-corrected chi connectivity index (χ1v) is 11.2. The summed E-state index contributed by atoms with van der Waals surface area (Å²) in [7, 11) is 0. The molecule has 0 atom stereocenters. The number of piperidine rings is 2. The highest BCUT2D eigenvalue weighted by molar-refractivity contribution is 8.56. The highest BCUT2D eigenvalue weighted by Crippen LogP contribution is 2.65. The van der Waals surface area contributed by atoms with E-state index in [4.69, 9.17) is 0 Å². The summed E-state index contributed by atoms with van der Waals surface area (Å²) in [6, 6.07) is 0. The van der Waals surface area contributed by atoms with E-state index in [-0.39, 0.29) is 0 Å². The van der Waals surface area contributed by atoms with E-state index in [9.17, 15) is 4.57 Å². The van der Waals surface area contributed by atoms with E-state index in [0.29, 0.717) is 0 Å². The van der Waals surface area contributed by atoms with Gasteiger partial charge in [-0.1, -0.05) is 37.6 Å². The second-order valence-electron chi connectivity index (χ2n) is 5.71. The van der Waals surface area contributed by atoms with Gasteiger partial charge in [0.1, 0.15) is 0 Å². The van der Waals surface area contributed by atoms with Crippen LogP contribution in [0.15, 0.2) is 0 Å². The number of nitrogens with zero attached hydrogens (tertiary/aromatic N) is 2. The average Bonchev–Trinajstić information content (AvgIpc) is 2.49. The molecular formula is C14H29N2OPS. The topological polar surface area (TPSA) is 23.6 Å². The van der Waals surface area contributed by atoms with Crippen LogP contribution in [0.2, 0.25) is 0 Å². The lowest BCUT2D eigenvalue weighted by Crippen LogP contribution is -2.36. The maximum Gasteiger partial charge on any atom is 0.271 e. The number of hydrogen-bond acceptors (Lipinski definition) is 2. The first-order valence-electron chi connectivity index (χ1n) is 8.03. The fourth-order valence-corrected chi connectivity index (χ4v) is 8.91.